The average Bonchev–Trinajstić information content (AvgIpc) is 2.60. The molecule has 0 saturated heterocycles. The molecule has 1 heterocycles. The van der Waals surface area contributed by atoms with Crippen LogP contribution in [0.5, 0.6) is 5.75 Å². The average molecular weight is 394 g/mol. The van der Waals surface area contributed by atoms with Crippen LogP contribution in [0.2, 0.25) is 5.02 Å². The molecule has 3 rings (SSSR count). The molecule has 0 bridgehead atoms. The van der Waals surface area contributed by atoms with Gasteiger partial charge in [-0.25, -0.2) is 4.79 Å². The molecule has 1 unspecified atom stereocenters. The van der Waals surface area contributed by atoms with Gasteiger partial charge in [-0.2, -0.15) is 18.4 Å². The Kier molecular flexibility index (Phi) is 4.85. The van der Waals surface area contributed by atoms with Gasteiger partial charge in [0.05, 0.1) is 18.1 Å². The van der Waals surface area contributed by atoms with Crippen LogP contribution in [0.1, 0.15) is 11.1 Å². The van der Waals surface area contributed by atoms with Gasteiger partial charge in [0.15, 0.2) is 0 Å². The maximum Gasteiger partial charge on any atom is 0.430 e. The molecule has 1 N–H and O–H groups in total. The van der Waals surface area contributed by atoms with Crippen molar-refractivity contribution in [3.05, 3.63) is 58.1 Å². The highest BCUT2D eigenvalue weighted by molar-refractivity contribution is 6.31. The third kappa shape index (κ3) is 3.76. The van der Waals surface area contributed by atoms with E-state index in [4.69, 9.17) is 26.7 Å². The second kappa shape index (κ2) is 6.97. The molecule has 0 fully saturated rings. The number of benzene rings is 2. The minimum absolute atomic E-state index is 0.0974. The summed E-state index contributed by atoms with van der Waals surface area (Å²) in [5.41, 5.74) is 0.822. The van der Waals surface area contributed by atoms with Crippen molar-refractivity contribution in [3.8, 4) is 22.9 Å². The molecule has 0 aliphatic carbocycles. The Morgan fingerprint density at radius 3 is 2.48 bits per heavy atom. The van der Waals surface area contributed by atoms with E-state index in [-0.39, 0.29) is 22.8 Å². The summed E-state index contributed by atoms with van der Waals surface area (Å²) in [5, 5.41) is 18.1. The minimum Gasteiger partial charge on any atom is -0.478 e. The number of halogens is 4. The second-order valence-electron chi connectivity index (χ2n) is 5.85. The lowest BCUT2D eigenvalue weighted by atomic mass is 9.95. The summed E-state index contributed by atoms with van der Waals surface area (Å²) in [4.78, 5) is 11.3. The number of nitriles is 1. The number of hydrogen-bond acceptors (Lipinski definition) is 3. The fourth-order valence-corrected chi connectivity index (χ4v) is 3.03. The van der Waals surface area contributed by atoms with Gasteiger partial charge in [0.25, 0.3) is 0 Å². The number of hydrogen-bond donors (Lipinski definition) is 1. The zero-order chi connectivity index (χ0) is 19.8. The highest BCUT2D eigenvalue weighted by Crippen LogP contribution is 2.44. The predicted molar refractivity (Wildman–Crippen MR) is 92.3 cm³/mol. The highest BCUT2D eigenvalue weighted by Gasteiger charge is 2.48. The molecular weight excluding hydrogens is 383 g/mol. The monoisotopic (exact) mass is 393 g/mol. The normalized spacial score (nSPS) is 16.0. The molecule has 2 aromatic rings. The van der Waals surface area contributed by atoms with Gasteiger partial charge < -0.3 is 9.84 Å². The van der Waals surface area contributed by atoms with Crippen LogP contribution < -0.4 is 4.74 Å². The Bertz CT molecular complexity index is 975. The van der Waals surface area contributed by atoms with E-state index in [9.17, 15) is 18.0 Å². The number of carbonyl (C=O) groups is 1. The van der Waals surface area contributed by atoms with Crippen molar-refractivity contribution >= 4 is 23.6 Å². The van der Waals surface area contributed by atoms with E-state index >= 15 is 0 Å². The van der Waals surface area contributed by atoms with E-state index in [1.165, 1.54) is 12.1 Å². The molecule has 0 saturated carbocycles. The molecule has 1 aliphatic heterocycles. The highest BCUT2D eigenvalue weighted by atomic mass is 35.5. The predicted octanol–water partition coefficient (Wildman–Crippen LogP) is 4.86. The van der Waals surface area contributed by atoms with Gasteiger partial charge in [0, 0.05) is 16.1 Å². The van der Waals surface area contributed by atoms with Crippen LogP contribution in [0.4, 0.5) is 13.2 Å². The van der Waals surface area contributed by atoms with Gasteiger partial charge in [-0.15, -0.1) is 0 Å². The van der Waals surface area contributed by atoms with Crippen LogP contribution in [0.15, 0.2) is 42.0 Å². The summed E-state index contributed by atoms with van der Waals surface area (Å²) >= 11 is 6.07. The van der Waals surface area contributed by atoms with Gasteiger partial charge in [-0.1, -0.05) is 35.9 Å². The van der Waals surface area contributed by atoms with Crippen LogP contribution in [-0.4, -0.2) is 23.4 Å². The smallest absolute Gasteiger partial charge is 0.430 e. The summed E-state index contributed by atoms with van der Waals surface area (Å²) in [6.07, 6.45) is -6.35. The van der Waals surface area contributed by atoms with E-state index in [0.29, 0.717) is 11.1 Å². The molecule has 138 valence electrons. The first-order valence-corrected chi connectivity index (χ1v) is 8.06. The first-order chi connectivity index (χ1) is 12.7. The quantitative estimate of drug-likeness (QED) is 0.808. The van der Waals surface area contributed by atoms with E-state index in [0.717, 1.165) is 11.6 Å². The maximum absolute atomic E-state index is 13.3. The molecule has 0 radical (unpaired) electrons. The molecule has 0 aromatic heterocycles. The third-order valence-corrected chi connectivity index (χ3v) is 4.22. The molecule has 1 aliphatic rings. The number of nitrogens with zero attached hydrogens (tertiary/aromatic N) is 1. The number of carboxylic acid groups (broad SMARTS) is 1. The van der Waals surface area contributed by atoms with E-state index in [1.54, 1.807) is 24.3 Å². The molecule has 27 heavy (non-hydrogen) atoms. The number of alkyl halides is 3. The number of aliphatic carboxylic acids is 1. The van der Waals surface area contributed by atoms with E-state index in [2.05, 4.69) is 0 Å². The summed E-state index contributed by atoms with van der Waals surface area (Å²) in [7, 11) is 0. The molecule has 1 atom stereocenters. The largest absolute Gasteiger partial charge is 0.478 e. The summed E-state index contributed by atoms with van der Waals surface area (Å²) < 4.78 is 45.0. The van der Waals surface area contributed by atoms with Gasteiger partial charge in [0.2, 0.25) is 6.10 Å². The minimum atomic E-state index is -4.89. The molecular formula is C19H11ClF3NO3. The fraction of sp³-hybridized carbons (Fsp3) is 0.158. The number of carboxylic acids is 1. The number of rotatable bonds is 3. The molecule has 0 spiro atoms. The zero-order valence-electron chi connectivity index (χ0n) is 13.5. The van der Waals surface area contributed by atoms with Crippen LogP contribution in [0.25, 0.3) is 17.2 Å². The van der Waals surface area contributed by atoms with Crippen molar-refractivity contribution in [1.29, 1.82) is 5.26 Å². The Morgan fingerprint density at radius 2 is 1.93 bits per heavy atom. The first kappa shape index (κ1) is 18.8. The molecule has 8 heteroatoms. The van der Waals surface area contributed by atoms with Crippen molar-refractivity contribution in [1.82, 2.24) is 0 Å². The Balaban J connectivity index is 2.15. The van der Waals surface area contributed by atoms with Gasteiger partial charge in [-0.05, 0) is 29.3 Å². The van der Waals surface area contributed by atoms with Crippen LogP contribution in [0, 0.1) is 11.3 Å². The van der Waals surface area contributed by atoms with Crippen LogP contribution in [0.3, 0.4) is 0 Å². The van der Waals surface area contributed by atoms with Crippen LogP contribution in [-0.2, 0) is 11.2 Å². The third-order valence-electron chi connectivity index (χ3n) is 4.00. The van der Waals surface area contributed by atoms with Crippen molar-refractivity contribution in [2.75, 3.05) is 0 Å². The van der Waals surface area contributed by atoms with Crippen molar-refractivity contribution in [2.24, 2.45) is 0 Å². The topological polar surface area (TPSA) is 70.3 Å². The van der Waals surface area contributed by atoms with Gasteiger partial charge in [0.1, 0.15) is 5.75 Å². The second-order valence-corrected chi connectivity index (χ2v) is 6.28. The number of fused-ring (bicyclic) bond motifs is 1. The standard InChI is InChI=1S/C19H11ClF3NO3/c20-13-7-12-8-15(18(25)26)17(19(21,22)23)27-16(12)14(9-13)11-3-1-10(2-4-11)5-6-24/h1-4,7-9,17H,5H2,(H,25,26). The SMILES string of the molecule is N#CCc1ccc(-c2cc(Cl)cc3c2OC(C(F)(F)F)C(C(=O)O)=C3)cc1. The lowest BCUT2D eigenvalue weighted by Crippen LogP contribution is -2.40. The van der Waals surface area contributed by atoms with Crippen LogP contribution >= 0.6 is 11.6 Å². The summed E-state index contributed by atoms with van der Waals surface area (Å²) in [5.74, 6) is -1.81. The van der Waals surface area contributed by atoms with Crippen molar-refractivity contribution in [3.63, 3.8) is 0 Å². The Labute approximate surface area is 157 Å². The molecule has 4 nitrogen and oxygen atoms in total. The van der Waals surface area contributed by atoms with Crippen molar-refractivity contribution < 1.29 is 27.8 Å². The lowest BCUT2D eigenvalue weighted by molar-refractivity contribution is -0.187. The molecule has 2 aromatic carbocycles. The summed E-state index contributed by atoms with van der Waals surface area (Å²) in [6.45, 7) is 0. The van der Waals surface area contributed by atoms with Gasteiger partial charge in [-0.3, -0.25) is 0 Å². The van der Waals surface area contributed by atoms with E-state index in [1.807, 2.05) is 6.07 Å². The van der Waals surface area contributed by atoms with Gasteiger partial charge >= 0.3 is 12.1 Å². The first-order valence-electron chi connectivity index (χ1n) is 7.68. The van der Waals surface area contributed by atoms with Crippen molar-refractivity contribution in [2.45, 2.75) is 18.7 Å². The Morgan fingerprint density at radius 1 is 1.26 bits per heavy atom. The van der Waals surface area contributed by atoms with E-state index < -0.39 is 23.8 Å². The summed E-state index contributed by atoms with van der Waals surface area (Å²) in [6, 6.07) is 11.4. The fourth-order valence-electron chi connectivity index (χ4n) is 2.80. The zero-order valence-corrected chi connectivity index (χ0v) is 14.3. The Hall–Kier alpha value is -2.98. The number of ether oxygens (including phenoxy) is 1. The molecule has 0 amide bonds. The lowest BCUT2D eigenvalue weighted by Gasteiger charge is -2.28. The maximum atomic E-state index is 13.3.